The van der Waals surface area contributed by atoms with E-state index < -0.39 is 0 Å². The average Bonchev–Trinajstić information content (AvgIpc) is 3.82. The molecule has 8 aromatic carbocycles. The second-order valence-corrected chi connectivity index (χ2v) is 15.8. The predicted molar refractivity (Wildman–Crippen MR) is 232 cm³/mol. The van der Waals surface area contributed by atoms with E-state index in [-0.39, 0.29) is 0 Å². The van der Waals surface area contributed by atoms with E-state index in [1.54, 1.807) is 0 Å². The molecule has 3 heterocycles. The van der Waals surface area contributed by atoms with Gasteiger partial charge in [0.1, 0.15) is 0 Å². The van der Waals surface area contributed by atoms with Crippen LogP contribution in [0.5, 0.6) is 0 Å². The van der Waals surface area contributed by atoms with Crippen LogP contribution in [-0.4, -0.2) is 9.97 Å². The van der Waals surface area contributed by atoms with E-state index >= 15 is 0 Å². The van der Waals surface area contributed by atoms with Crippen LogP contribution in [0.2, 0.25) is 0 Å². The number of rotatable bonds is 5. The average molecular weight is 723 g/mol. The zero-order valence-electron chi connectivity index (χ0n) is 29.0. The van der Waals surface area contributed by atoms with Gasteiger partial charge in [-0.2, -0.15) is 0 Å². The van der Waals surface area contributed by atoms with Crippen molar-refractivity contribution in [3.63, 3.8) is 0 Å². The van der Waals surface area contributed by atoms with Gasteiger partial charge in [-0.05, 0) is 51.2 Å². The molecule has 0 atom stereocenters. The van der Waals surface area contributed by atoms with Crippen LogP contribution in [-0.2, 0) is 0 Å². The maximum atomic E-state index is 5.54. The van der Waals surface area contributed by atoms with E-state index in [4.69, 9.17) is 9.97 Å². The fourth-order valence-corrected chi connectivity index (χ4v) is 10.4. The summed E-state index contributed by atoms with van der Waals surface area (Å²) in [5.74, 6) is 0.720. The van der Waals surface area contributed by atoms with Crippen LogP contribution in [0.25, 0.3) is 107 Å². The van der Waals surface area contributed by atoms with Crippen LogP contribution in [0, 0.1) is 0 Å². The molecule has 0 radical (unpaired) electrons. The number of aromatic nitrogens is 2. The number of thiophene rings is 2. The fraction of sp³-hybridized carbons (Fsp3) is 0. The first kappa shape index (κ1) is 31.1. The summed E-state index contributed by atoms with van der Waals surface area (Å²) in [6.07, 6.45) is 0. The first-order valence-corrected chi connectivity index (χ1v) is 19.8. The molecule has 0 aliphatic rings. The molecule has 2 nitrogen and oxygen atoms in total. The fourth-order valence-electron chi connectivity index (χ4n) is 7.96. The lowest BCUT2D eigenvalue weighted by Gasteiger charge is -2.16. The van der Waals surface area contributed by atoms with E-state index in [2.05, 4.69) is 182 Å². The molecule has 0 amide bonds. The highest BCUT2D eigenvalue weighted by Gasteiger charge is 2.21. The SMILES string of the molecule is c1ccc(-c2ccc(-c3ccc4ccccc4c3-c3nc(-c4cccc5c4sc4ccccc45)cc(-c4cccc5c4sc4ccccc45)n3)cc2)cc1. The molecule has 54 heavy (non-hydrogen) atoms. The Labute approximate surface area is 320 Å². The van der Waals surface area contributed by atoms with Gasteiger partial charge in [-0.1, -0.05) is 164 Å². The summed E-state index contributed by atoms with van der Waals surface area (Å²) in [7, 11) is 0. The van der Waals surface area contributed by atoms with Gasteiger partial charge >= 0.3 is 0 Å². The van der Waals surface area contributed by atoms with Crippen molar-refractivity contribution in [2.24, 2.45) is 0 Å². The normalized spacial score (nSPS) is 11.7. The summed E-state index contributed by atoms with van der Waals surface area (Å²) in [6, 6.07) is 65.4. The van der Waals surface area contributed by atoms with Crippen molar-refractivity contribution in [1.29, 1.82) is 0 Å². The van der Waals surface area contributed by atoms with Gasteiger partial charge in [-0.25, -0.2) is 9.97 Å². The van der Waals surface area contributed by atoms with Crippen molar-refractivity contribution in [2.75, 3.05) is 0 Å². The van der Waals surface area contributed by atoms with Crippen LogP contribution >= 0.6 is 22.7 Å². The molecule has 252 valence electrons. The Bertz CT molecular complexity index is 3080. The molecule has 0 aliphatic heterocycles. The Morgan fingerprint density at radius 1 is 0.333 bits per heavy atom. The van der Waals surface area contributed by atoms with Gasteiger partial charge < -0.3 is 0 Å². The molecule has 11 rings (SSSR count). The Hall–Kier alpha value is -6.46. The van der Waals surface area contributed by atoms with E-state index in [0.29, 0.717) is 0 Å². The summed E-state index contributed by atoms with van der Waals surface area (Å²) in [6.45, 7) is 0. The second-order valence-electron chi connectivity index (χ2n) is 13.7. The first-order valence-electron chi connectivity index (χ1n) is 18.2. The molecule has 0 aliphatic carbocycles. The van der Waals surface area contributed by atoms with Gasteiger partial charge in [0.05, 0.1) is 11.4 Å². The van der Waals surface area contributed by atoms with Crippen molar-refractivity contribution in [3.8, 4) is 56.2 Å². The Kier molecular flexibility index (Phi) is 7.25. The molecule has 4 heteroatoms. The molecule has 0 spiro atoms. The molecular formula is C50H30N2S2. The lowest BCUT2D eigenvalue weighted by molar-refractivity contribution is 1.19. The van der Waals surface area contributed by atoms with Crippen molar-refractivity contribution in [2.45, 2.75) is 0 Å². The highest BCUT2D eigenvalue weighted by molar-refractivity contribution is 7.26. The monoisotopic (exact) mass is 722 g/mol. The highest BCUT2D eigenvalue weighted by atomic mass is 32.1. The van der Waals surface area contributed by atoms with Gasteiger partial charge in [0, 0.05) is 57.0 Å². The highest BCUT2D eigenvalue weighted by Crippen LogP contribution is 2.45. The Morgan fingerprint density at radius 2 is 0.833 bits per heavy atom. The molecule has 0 fully saturated rings. The van der Waals surface area contributed by atoms with Crippen LogP contribution in [0.3, 0.4) is 0 Å². The van der Waals surface area contributed by atoms with Crippen LogP contribution in [0.1, 0.15) is 0 Å². The molecule has 0 unspecified atom stereocenters. The summed E-state index contributed by atoms with van der Waals surface area (Å²) >= 11 is 3.67. The lowest BCUT2D eigenvalue weighted by atomic mass is 9.92. The third-order valence-corrected chi connectivity index (χ3v) is 13.0. The molecule has 0 saturated carbocycles. The van der Waals surface area contributed by atoms with Gasteiger partial charge in [-0.15, -0.1) is 22.7 Å². The van der Waals surface area contributed by atoms with Crippen molar-refractivity contribution < 1.29 is 0 Å². The van der Waals surface area contributed by atoms with Gasteiger partial charge in [0.2, 0.25) is 0 Å². The summed E-state index contributed by atoms with van der Waals surface area (Å²) in [5, 5.41) is 7.35. The van der Waals surface area contributed by atoms with Crippen molar-refractivity contribution >= 4 is 73.8 Å². The molecule has 0 bridgehead atoms. The zero-order valence-corrected chi connectivity index (χ0v) is 30.7. The minimum atomic E-state index is 0.720. The largest absolute Gasteiger partial charge is 0.228 e. The van der Waals surface area contributed by atoms with Crippen LogP contribution < -0.4 is 0 Å². The zero-order chi connectivity index (χ0) is 35.6. The van der Waals surface area contributed by atoms with Gasteiger partial charge in [0.15, 0.2) is 5.82 Å². The third kappa shape index (κ3) is 5.07. The van der Waals surface area contributed by atoms with E-state index in [1.807, 2.05) is 22.7 Å². The second kappa shape index (κ2) is 12.6. The van der Waals surface area contributed by atoms with E-state index in [1.165, 1.54) is 51.5 Å². The smallest absolute Gasteiger partial charge is 0.161 e. The van der Waals surface area contributed by atoms with Crippen molar-refractivity contribution in [3.05, 3.63) is 182 Å². The van der Waals surface area contributed by atoms with E-state index in [0.717, 1.165) is 55.8 Å². The molecule has 11 aromatic rings. The lowest BCUT2D eigenvalue weighted by Crippen LogP contribution is -1.98. The first-order chi connectivity index (χ1) is 26.8. The standard InChI is InChI=1S/C50H30N2S2/c1-2-12-31(13-3-1)32-24-26-34(27-25-32)36-29-28-33-14-4-5-15-35(33)47(36)50-51-43(41-20-10-18-39-37-16-6-8-22-45(37)53-48(39)41)30-44(52-50)42-21-11-19-40-38-17-7-9-23-46(38)54-49(40)42/h1-30H. The molecule has 0 saturated heterocycles. The van der Waals surface area contributed by atoms with Gasteiger partial charge in [0.25, 0.3) is 0 Å². The topological polar surface area (TPSA) is 25.8 Å². The maximum Gasteiger partial charge on any atom is 0.161 e. The van der Waals surface area contributed by atoms with Crippen molar-refractivity contribution in [1.82, 2.24) is 9.97 Å². The minimum absolute atomic E-state index is 0.720. The van der Waals surface area contributed by atoms with E-state index in [9.17, 15) is 0 Å². The Morgan fingerprint density at radius 3 is 1.46 bits per heavy atom. The summed E-state index contributed by atoms with van der Waals surface area (Å²) in [5.41, 5.74) is 9.75. The number of fused-ring (bicyclic) bond motifs is 7. The number of hydrogen-bond donors (Lipinski definition) is 0. The summed E-state index contributed by atoms with van der Waals surface area (Å²) in [4.78, 5) is 11.1. The maximum absolute atomic E-state index is 5.54. The van der Waals surface area contributed by atoms with Gasteiger partial charge in [-0.3, -0.25) is 0 Å². The number of nitrogens with zero attached hydrogens (tertiary/aromatic N) is 2. The summed E-state index contributed by atoms with van der Waals surface area (Å²) < 4.78 is 5.03. The number of hydrogen-bond acceptors (Lipinski definition) is 4. The minimum Gasteiger partial charge on any atom is -0.228 e. The molecular weight excluding hydrogens is 693 g/mol. The Balaban J connectivity index is 1.20. The predicted octanol–water partition coefficient (Wildman–Crippen LogP) is 14.7. The quantitative estimate of drug-likeness (QED) is 0.177. The van der Waals surface area contributed by atoms with Crippen LogP contribution in [0.15, 0.2) is 182 Å². The van der Waals surface area contributed by atoms with Crippen LogP contribution in [0.4, 0.5) is 0 Å². The number of benzene rings is 8. The third-order valence-electron chi connectivity index (χ3n) is 10.5. The molecule has 3 aromatic heterocycles. The molecule has 0 N–H and O–H groups in total.